The number of nitrogens with two attached hydrogens (primary N) is 1. The SMILES string of the molecule is [C-]#[N+]c1cccc(-c2nc(N)n3nc(Cc4c(F)cccc4CN4CCC(C(=O)OC)CC4)nc3c2-c2ccncn2)c1. The first-order valence-corrected chi connectivity index (χ1v) is 13.8. The van der Waals surface area contributed by atoms with Gasteiger partial charge in [0.2, 0.25) is 5.95 Å². The van der Waals surface area contributed by atoms with Crippen molar-refractivity contribution in [2.45, 2.75) is 25.8 Å². The number of aromatic nitrogens is 6. The number of fused-ring (bicyclic) bond motifs is 1. The predicted molar refractivity (Wildman–Crippen MR) is 157 cm³/mol. The topological polar surface area (TPSA) is 129 Å². The van der Waals surface area contributed by atoms with Gasteiger partial charge in [-0.1, -0.05) is 30.3 Å². The molecule has 11 nitrogen and oxygen atoms in total. The molecule has 0 radical (unpaired) electrons. The summed E-state index contributed by atoms with van der Waals surface area (Å²) in [7, 11) is 1.41. The van der Waals surface area contributed by atoms with E-state index in [9.17, 15) is 4.79 Å². The Morgan fingerprint density at radius 1 is 1.16 bits per heavy atom. The predicted octanol–water partition coefficient (Wildman–Crippen LogP) is 4.50. The number of methoxy groups -OCH3 is 1. The van der Waals surface area contributed by atoms with E-state index in [1.165, 1.54) is 24.0 Å². The van der Waals surface area contributed by atoms with Gasteiger partial charge in [0.25, 0.3) is 0 Å². The third-order valence-corrected chi connectivity index (χ3v) is 7.71. The number of carbonyl (C=O) groups is 1. The van der Waals surface area contributed by atoms with Crippen LogP contribution in [-0.4, -0.2) is 60.6 Å². The van der Waals surface area contributed by atoms with E-state index in [1.807, 2.05) is 12.1 Å². The molecule has 1 saturated heterocycles. The number of anilines is 1. The van der Waals surface area contributed by atoms with Gasteiger partial charge in [0.15, 0.2) is 17.2 Å². The van der Waals surface area contributed by atoms with Crippen molar-refractivity contribution in [3.8, 4) is 22.5 Å². The Morgan fingerprint density at radius 2 is 1.98 bits per heavy atom. The fourth-order valence-electron chi connectivity index (χ4n) is 5.52. The van der Waals surface area contributed by atoms with E-state index in [-0.39, 0.29) is 30.1 Å². The van der Waals surface area contributed by atoms with Crippen LogP contribution in [0.25, 0.3) is 33.0 Å². The summed E-state index contributed by atoms with van der Waals surface area (Å²) in [5.41, 5.74) is 10.9. The van der Waals surface area contributed by atoms with Crippen molar-refractivity contribution in [2.75, 3.05) is 25.9 Å². The van der Waals surface area contributed by atoms with Crippen LogP contribution in [0.4, 0.5) is 16.0 Å². The molecule has 43 heavy (non-hydrogen) atoms. The molecule has 12 heteroatoms. The van der Waals surface area contributed by atoms with Crippen LogP contribution >= 0.6 is 0 Å². The number of piperidine rings is 1. The Morgan fingerprint density at radius 3 is 2.72 bits per heavy atom. The molecule has 3 aromatic heterocycles. The molecule has 216 valence electrons. The Balaban J connectivity index is 1.37. The number of likely N-dealkylation sites (tertiary alicyclic amines) is 1. The van der Waals surface area contributed by atoms with Crippen molar-refractivity contribution < 1.29 is 13.9 Å². The standard InChI is InChI=1S/C31H28FN9O2/c1-34-22-7-3-5-20(15-22)28-27(25-9-12-35-18-36-25)29-37-26(39-41(29)31(33)38-28)16-23-21(6-4-8-24(23)32)17-40-13-10-19(11-14-40)30(42)43-2/h3-9,12,15,18-19H,10-11,13-14,16-17H2,2H3,(H2,33,38). The monoisotopic (exact) mass is 577 g/mol. The minimum Gasteiger partial charge on any atom is -0.469 e. The number of carbonyl (C=O) groups excluding carboxylic acids is 1. The van der Waals surface area contributed by atoms with Crippen LogP contribution in [0.1, 0.15) is 29.8 Å². The molecule has 5 aromatic rings. The highest BCUT2D eigenvalue weighted by molar-refractivity contribution is 5.89. The fourth-order valence-corrected chi connectivity index (χ4v) is 5.52. The van der Waals surface area contributed by atoms with Crippen molar-refractivity contribution in [1.82, 2.24) is 34.4 Å². The highest BCUT2D eigenvalue weighted by Gasteiger charge is 2.27. The number of hydrogen-bond donors (Lipinski definition) is 1. The zero-order valence-corrected chi connectivity index (χ0v) is 23.4. The molecule has 1 aliphatic rings. The zero-order chi connectivity index (χ0) is 29.9. The van der Waals surface area contributed by atoms with Gasteiger partial charge in [0, 0.05) is 19.2 Å². The number of rotatable bonds is 7. The highest BCUT2D eigenvalue weighted by Crippen LogP contribution is 2.35. The minimum atomic E-state index is -0.348. The Kier molecular flexibility index (Phi) is 7.72. The summed E-state index contributed by atoms with van der Waals surface area (Å²) in [4.78, 5) is 35.6. The molecular formula is C31H28FN9O2. The van der Waals surface area contributed by atoms with Gasteiger partial charge >= 0.3 is 5.97 Å². The van der Waals surface area contributed by atoms with Crippen LogP contribution in [0.2, 0.25) is 0 Å². The summed E-state index contributed by atoms with van der Waals surface area (Å²) < 4.78 is 21.7. The summed E-state index contributed by atoms with van der Waals surface area (Å²) in [6, 6.07) is 13.8. The maximum absolute atomic E-state index is 15.3. The fraction of sp³-hybridized carbons (Fsp3) is 0.258. The third kappa shape index (κ3) is 5.62. The lowest BCUT2D eigenvalue weighted by Crippen LogP contribution is -2.36. The van der Waals surface area contributed by atoms with E-state index in [0.29, 0.717) is 77.7 Å². The van der Waals surface area contributed by atoms with Crippen molar-refractivity contribution >= 4 is 23.3 Å². The number of benzene rings is 2. The van der Waals surface area contributed by atoms with Crippen LogP contribution in [0.15, 0.2) is 61.1 Å². The Bertz CT molecular complexity index is 1840. The average Bonchev–Trinajstić information content (AvgIpc) is 3.47. The quantitative estimate of drug-likeness (QED) is 0.220. The van der Waals surface area contributed by atoms with Gasteiger partial charge in [-0.05, 0) is 60.8 Å². The van der Waals surface area contributed by atoms with Gasteiger partial charge in [-0.3, -0.25) is 9.69 Å². The molecule has 1 aliphatic heterocycles. The lowest BCUT2D eigenvalue weighted by molar-refractivity contribution is -0.147. The molecule has 0 spiro atoms. The van der Waals surface area contributed by atoms with E-state index < -0.39 is 0 Å². The number of halogens is 1. The van der Waals surface area contributed by atoms with E-state index >= 15 is 4.39 Å². The molecule has 1 fully saturated rings. The smallest absolute Gasteiger partial charge is 0.308 e. The summed E-state index contributed by atoms with van der Waals surface area (Å²) in [6.45, 7) is 9.39. The first kappa shape index (κ1) is 27.9. The van der Waals surface area contributed by atoms with Crippen LogP contribution in [0.3, 0.4) is 0 Å². The Hall–Kier alpha value is -5.28. The normalized spacial score (nSPS) is 14.1. The third-order valence-electron chi connectivity index (χ3n) is 7.71. The lowest BCUT2D eigenvalue weighted by Gasteiger charge is -2.31. The lowest BCUT2D eigenvalue weighted by atomic mass is 9.96. The van der Waals surface area contributed by atoms with Gasteiger partial charge in [-0.25, -0.2) is 29.2 Å². The second-order valence-electron chi connectivity index (χ2n) is 10.3. The minimum absolute atomic E-state index is 0.0944. The van der Waals surface area contributed by atoms with Gasteiger partial charge in [0.1, 0.15) is 12.1 Å². The van der Waals surface area contributed by atoms with Gasteiger partial charge < -0.3 is 10.5 Å². The first-order chi connectivity index (χ1) is 20.9. The molecule has 2 aromatic carbocycles. The van der Waals surface area contributed by atoms with Crippen molar-refractivity contribution in [2.24, 2.45) is 5.92 Å². The second kappa shape index (κ2) is 11.9. The number of hydrogen-bond acceptors (Lipinski definition) is 9. The molecule has 0 atom stereocenters. The Labute approximate surface area is 247 Å². The summed E-state index contributed by atoms with van der Waals surface area (Å²) in [5.74, 6) is -0.170. The van der Waals surface area contributed by atoms with Crippen LogP contribution in [-0.2, 0) is 22.5 Å². The number of nitrogens with zero attached hydrogens (tertiary/aromatic N) is 8. The van der Waals surface area contributed by atoms with Crippen LogP contribution < -0.4 is 5.73 Å². The molecule has 0 amide bonds. The molecule has 4 heterocycles. The van der Waals surface area contributed by atoms with Gasteiger partial charge in [-0.15, -0.1) is 5.10 Å². The van der Waals surface area contributed by atoms with Gasteiger partial charge in [0.05, 0.1) is 36.6 Å². The number of ether oxygens (including phenoxy) is 1. The summed E-state index contributed by atoms with van der Waals surface area (Å²) in [6.07, 6.45) is 4.58. The maximum atomic E-state index is 15.3. The zero-order valence-electron chi connectivity index (χ0n) is 23.4. The van der Waals surface area contributed by atoms with E-state index in [0.717, 1.165) is 5.56 Å². The second-order valence-corrected chi connectivity index (χ2v) is 10.3. The van der Waals surface area contributed by atoms with Crippen LogP contribution in [0.5, 0.6) is 0 Å². The van der Waals surface area contributed by atoms with Gasteiger partial charge in [-0.2, -0.15) is 4.52 Å². The van der Waals surface area contributed by atoms with E-state index in [1.54, 1.807) is 36.5 Å². The molecule has 6 rings (SSSR count). The maximum Gasteiger partial charge on any atom is 0.308 e. The molecule has 0 unspecified atom stereocenters. The molecule has 0 saturated carbocycles. The van der Waals surface area contributed by atoms with E-state index in [4.69, 9.17) is 22.0 Å². The van der Waals surface area contributed by atoms with E-state index in [2.05, 4.69) is 29.8 Å². The number of esters is 1. The van der Waals surface area contributed by atoms with Crippen LogP contribution in [0, 0.1) is 18.3 Å². The van der Waals surface area contributed by atoms with Crippen molar-refractivity contribution in [3.05, 3.63) is 95.2 Å². The molecular weight excluding hydrogens is 549 g/mol. The first-order valence-electron chi connectivity index (χ1n) is 13.8. The van der Waals surface area contributed by atoms with Crippen molar-refractivity contribution in [1.29, 1.82) is 0 Å². The van der Waals surface area contributed by atoms with Crippen molar-refractivity contribution in [3.63, 3.8) is 0 Å². The molecule has 2 N–H and O–H groups in total. The summed E-state index contributed by atoms with van der Waals surface area (Å²) in [5, 5.41) is 4.62. The molecule has 0 aliphatic carbocycles. The summed E-state index contributed by atoms with van der Waals surface area (Å²) >= 11 is 0. The number of nitrogen functional groups attached to an aromatic ring is 1. The molecule has 0 bridgehead atoms. The highest BCUT2D eigenvalue weighted by atomic mass is 19.1. The average molecular weight is 578 g/mol. The largest absolute Gasteiger partial charge is 0.469 e.